The Morgan fingerprint density at radius 1 is 1.33 bits per heavy atom. The number of pyridine rings is 1. The maximum absolute atomic E-state index is 6.02. The molecule has 30 heavy (non-hydrogen) atoms. The molecule has 154 valence electrons. The molecule has 1 aliphatic rings. The van der Waals surface area contributed by atoms with Crippen LogP contribution in [0.5, 0.6) is 0 Å². The van der Waals surface area contributed by atoms with Gasteiger partial charge in [-0.05, 0) is 24.1 Å². The minimum Gasteiger partial charge on any atom is -0.379 e. The van der Waals surface area contributed by atoms with Crippen LogP contribution < -0.4 is 5.73 Å². The highest BCUT2D eigenvalue weighted by molar-refractivity contribution is 6.30. The van der Waals surface area contributed by atoms with Gasteiger partial charge in [0.2, 0.25) is 5.95 Å². The number of nitrogens with zero attached hydrogens (tertiary/aromatic N) is 6. The quantitative estimate of drug-likeness (QED) is 0.480. The van der Waals surface area contributed by atoms with Crippen molar-refractivity contribution < 1.29 is 9.47 Å². The Labute approximate surface area is 176 Å². The van der Waals surface area contributed by atoms with Gasteiger partial charge in [-0.3, -0.25) is 4.98 Å². The molecule has 0 spiro atoms. The van der Waals surface area contributed by atoms with E-state index in [-0.39, 0.29) is 12.1 Å². The molecule has 0 amide bonds. The van der Waals surface area contributed by atoms with Gasteiger partial charge in [0, 0.05) is 19.0 Å². The molecule has 0 saturated carbocycles. The van der Waals surface area contributed by atoms with Gasteiger partial charge in [0.25, 0.3) is 0 Å². The molecular weight excluding hydrogens is 408 g/mol. The summed E-state index contributed by atoms with van der Waals surface area (Å²) in [5.74, 6) is 0.128. The third-order valence-corrected chi connectivity index (χ3v) is 5.07. The second-order valence-electron chi connectivity index (χ2n) is 7.04. The van der Waals surface area contributed by atoms with Gasteiger partial charge in [0.05, 0.1) is 42.3 Å². The van der Waals surface area contributed by atoms with E-state index in [9.17, 15) is 0 Å². The minimum atomic E-state index is 0.128. The fourth-order valence-corrected chi connectivity index (χ4v) is 3.48. The number of nitrogens with one attached hydrogen (secondary N) is 1. The molecule has 10 nitrogen and oxygen atoms in total. The molecule has 0 radical (unpaired) electrons. The van der Waals surface area contributed by atoms with Crippen LogP contribution in [0.4, 0.5) is 5.95 Å². The molecule has 11 heteroatoms. The van der Waals surface area contributed by atoms with Crippen LogP contribution in [-0.4, -0.2) is 54.2 Å². The molecule has 5 heterocycles. The van der Waals surface area contributed by atoms with Crippen molar-refractivity contribution in [3.63, 3.8) is 0 Å². The van der Waals surface area contributed by atoms with Crippen LogP contribution in [0.15, 0.2) is 30.6 Å². The maximum Gasteiger partial charge on any atom is 0.222 e. The first-order valence-corrected chi connectivity index (χ1v) is 9.87. The largest absolute Gasteiger partial charge is 0.379 e. The van der Waals surface area contributed by atoms with Crippen molar-refractivity contribution in [2.75, 3.05) is 18.9 Å². The van der Waals surface area contributed by atoms with E-state index in [1.54, 1.807) is 23.1 Å². The van der Waals surface area contributed by atoms with Crippen LogP contribution in [0, 0.1) is 0 Å². The number of ether oxygens (including phenoxy) is 2. The van der Waals surface area contributed by atoms with E-state index in [0.29, 0.717) is 47.3 Å². The first kappa shape index (κ1) is 18.9. The van der Waals surface area contributed by atoms with E-state index in [2.05, 4.69) is 30.2 Å². The fourth-order valence-electron chi connectivity index (χ4n) is 3.32. The number of anilines is 1. The number of rotatable bonds is 6. The summed E-state index contributed by atoms with van der Waals surface area (Å²) in [6, 6.07) is 5.68. The van der Waals surface area contributed by atoms with Gasteiger partial charge in [0.15, 0.2) is 11.2 Å². The number of nitrogen functional groups attached to an aromatic ring is 1. The van der Waals surface area contributed by atoms with E-state index >= 15 is 0 Å². The standard InChI is InChI=1S/C19H19ClN8O2/c20-12-5-15(23-7-12)16-17-18(25-19(21)24-16)28(27-26-17)8-13-2-1-11(6-22-13)9-30-14-3-4-29-10-14/h1-2,5-7,14,23H,3-4,8-10H2,(H2,21,24,25). The van der Waals surface area contributed by atoms with Crippen LogP contribution in [0.2, 0.25) is 5.02 Å². The van der Waals surface area contributed by atoms with Crippen LogP contribution in [0.3, 0.4) is 0 Å². The lowest BCUT2D eigenvalue weighted by Crippen LogP contribution is -2.12. The Morgan fingerprint density at radius 3 is 3.00 bits per heavy atom. The molecule has 0 aliphatic carbocycles. The van der Waals surface area contributed by atoms with Crippen molar-refractivity contribution in [2.45, 2.75) is 25.7 Å². The first-order chi connectivity index (χ1) is 14.7. The average molecular weight is 427 g/mol. The van der Waals surface area contributed by atoms with Gasteiger partial charge < -0.3 is 20.2 Å². The Kier molecular flexibility index (Phi) is 5.03. The summed E-state index contributed by atoms with van der Waals surface area (Å²) in [6.45, 7) is 2.34. The highest BCUT2D eigenvalue weighted by Gasteiger charge is 2.18. The molecule has 0 aromatic carbocycles. The number of fused-ring (bicyclic) bond motifs is 1. The Morgan fingerprint density at radius 2 is 2.27 bits per heavy atom. The molecule has 4 aromatic heterocycles. The lowest BCUT2D eigenvalue weighted by molar-refractivity contribution is 0.0316. The summed E-state index contributed by atoms with van der Waals surface area (Å²) in [5.41, 5.74) is 10.0. The summed E-state index contributed by atoms with van der Waals surface area (Å²) in [7, 11) is 0. The van der Waals surface area contributed by atoms with Crippen molar-refractivity contribution in [3.8, 4) is 11.4 Å². The second-order valence-corrected chi connectivity index (χ2v) is 7.47. The molecule has 1 unspecified atom stereocenters. The van der Waals surface area contributed by atoms with Crippen molar-refractivity contribution >= 4 is 28.7 Å². The second kappa shape index (κ2) is 7.98. The topological polar surface area (TPSA) is 130 Å². The van der Waals surface area contributed by atoms with Crippen LogP contribution in [0.1, 0.15) is 17.7 Å². The number of H-pyrrole nitrogens is 1. The number of hydrogen-bond acceptors (Lipinski definition) is 8. The lowest BCUT2D eigenvalue weighted by Gasteiger charge is -2.10. The highest BCUT2D eigenvalue weighted by atomic mass is 35.5. The lowest BCUT2D eigenvalue weighted by atomic mass is 10.2. The van der Waals surface area contributed by atoms with Crippen LogP contribution >= 0.6 is 11.6 Å². The smallest absolute Gasteiger partial charge is 0.222 e. The monoisotopic (exact) mass is 426 g/mol. The van der Waals surface area contributed by atoms with Gasteiger partial charge in [-0.1, -0.05) is 22.9 Å². The molecule has 1 saturated heterocycles. The SMILES string of the molecule is Nc1nc(-c2cc(Cl)c[nH]2)c2nnn(Cc3ccc(COC4CCOC4)cn3)c2n1. The predicted molar refractivity (Wildman–Crippen MR) is 110 cm³/mol. The van der Waals surface area contributed by atoms with Crippen LogP contribution in [-0.2, 0) is 22.6 Å². The third kappa shape index (κ3) is 3.84. The zero-order valence-electron chi connectivity index (χ0n) is 16.0. The molecule has 1 aliphatic heterocycles. The first-order valence-electron chi connectivity index (χ1n) is 9.50. The zero-order chi connectivity index (χ0) is 20.5. The summed E-state index contributed by atoms with van der Waals surface area (Å²) >= 11 is 6.02. The molecular formula is C19H19ClN8O2. The highest BCUT2D eigenvalue weighted by Crippen LogP contribution is 2.26. The van der Waals surface area contributed by atoms with Gasteiger partial charge >= 0.3 is 0 Å². The number of halogens is 1. The van der Waals surface area contributed by atoms with E-state index < -0.39 is 0 Å². The van der Waals surface area contributed by atoms with Gasteiger partial charge in [-0.15, -0.1) is 5.10 Å². The summed E-state index contributed by atoms with van der Waals surface area (Å²) < 4.78 is 12.8. The van der Waals surface area contributed by atoms with E-state index in [1.807, 2.05) is 12.1 Å². The molecule has 1 fully saturated rings. The predicted octanol–water partition coefficient (Wildman–Crippen LogP) is 2.20. The van der Waals surface area contributed by atoms with E-state index in [4.69, 9.17) is 26.8 Å². The summed E-state index contributed by atoms with van der Waals surface area (Å²) in [5, 5.41) is 9.03. The van der Waals surface area contributed by atoms with Gasteiger partial charge in [-0.25, -0.2) is 9.67 Å². The maximum atomic E-state index is 6.02. The number of aromatic amines is 1. The van der Waals surface area contributed by atoms with Crippen LogP contribution in [0.25, 0.3) is 22.6 Å². The zero-order valence-corrected chi connectivity index (χ0v) is 16.7. The van der Waals surface area contributed by atoms with E-state index in [0.717, 1.165) is 24.3 Å². The summed E-state index contributed by atoms with van der Waals surface area (Å²) in [4.78, 5) is 16.2. The normalized spacial score (nSPS) is 16.5. The molecule has 4 aromatic rings. The molecule has 5 rings (SSSR count). The van der Waals surface area contributed by atoms with Crippen molar-refractivity contribution in [2.24, 2.45) is 0 Å². The van der Waals surface area contributed by atoms with Crippen molar-refractivity contribution in [1.29, 1.82) is 0 Å². The average Bonchev–Trinajstić information content (AvgIpc) is 3.49. The Hall–Kier alpha value is -3.08. The van der Waals surface area contributed by atoms with Gasteiger partial charge in [0.1, 0.15) is 5.69 Å². The van der Waals surface area contributed by atoms with Crippen molar-refractivity contribution in [3.05, 3.63) is 46.9 Å². The Bertz CT molecular complexity index is 1170. The third-order valence-electron chi connectivity index (χ3n) is 4.85. The number of hydrogen-bond donors (Lipinski definition) is 2. The molecule has 3 N–H and O–H groups in total. The Balaban J connectivity index is 1.36. The summed E-state index contributed by atoms with van der Waals surface area (Å²) in [6.07, 6.45) is 4.58. The minimum absolute atomic E-state index is 0.128. The molecule has 1 atom stereocenters. The number of aromatic nitrogens is 7. The van der Waals surface area contributed by atoms with Gasteiger partial charge in [-0.2, -0.15) is 4.98 Å². The molecule has 0 bridgehead atoms. The fraction of sp³-hybridized carbons (Fsp3) is 0.316. The number of nitrogens with two attached hydrogens (primary N) is 1. The van der Waals surface area contributed by atoms with Crippen molar-refractivity contribution in [1.82, 2.24) is 34.9 Å². The van der Waals surface area contributed by atoms with E-state index in [1.165, 1.54) is 0 Å².